The number of hydrogen-bond acceptors (Lipinski definition) is 5. The molecular formula is C20H24N2O4. The summed E-state index contributed by atoms with van der Waals surface area (Å²) in [5.74, 6) is 0.0275. The van der Waals surface area contributed by atoms with Gasteiger partial charge in [-0.1, -0.05) is 6.07 Å². The molecule has 0 unspecified atom stereocenters. The van der Waals surface area contributed by atoms with Crippen LogP contribution in [-0.4, -0.2) is 67.0 Å². The van der Waals surface area contributed by atoms with E-state index in [0.717, 1.165) is 17.3 Å². The minimum absolute atomic E-state index is 0.00718. The molecule has 1 aromatic carbocycles. The minimum Gasteiger partial charge on any atom is -0.379 e. The van der Waals surface area contributed by atoms with Crippen molar-refractivity contribution in [3.63, 3.8) is 0 Å². The first kappa shape index (κ1) is 17.4. The van der Waals surface area contributed by atoms with Gasteiger partial charge in [-0.05, 0) is 31.2 Å². The molecule has 26 heavy (non-hydrogen) atoms. The fourth-order valence-corrected chi connectivity index (χ4v) is 3.87. The molecule has 2 saturated heterocycles. The summed E-state index contributed by atoms with van der Waals surface area (Å²) >= 11 is 0. The van der Waals surface area contributed by atoms with Gasteiger partial charge in [0.1, 0.15) is 0 Å². The van der Waals surface area contributed by atoms with Gasteiger partial charge in [0.15, 0.2) is 0 Å². The molecule has 6 nitrogen and oxygen atoms in total. The quantitative estimate of drug-likeness (QED) is 0.841. The zero-order valence-corrected chi connectivity index (χ0v) is 15.0. The number of carbonyl (C=O) groups is 1. The number of hydrogen-bond donors (Lipinski definition) is 0. The van der Waals surface area contributed by atoms with E-state index in [9.17, 15) is 4.79 Å². The average Bonchev–Trinajstić information content (AvgIpc) is 3.09. The molecule has 6 heteroatoms. The molecule has 2 fully saturated rings. The van der Waals surface area contributed by atoms with Crippen molar-refractivity contribution in [3.8, 4) is 0 Å². The SMILES string of the molecule is CCOC[C@H]1C[C@@]2(COCCN2C(=O)c2ccc3ncccc3c2)CO1. The van der Waals surface area contributed by atoms with Crippen LogP contribution in [0.1, 0.15) is 23.7 Å². The summed E-state index contributed by atoms with van der Waals surface area (Å²) < 4.78 is 17.2. The van der Waals surface area contributed by atoms with Crippen LogP contribution < -0.4 is 0 Å². The summed E-state index contributed by atoms with van der Waals surface area (Å²) in [4.78, 5) is 19.6. The molecule has 4 rings (SSSR count). The molecule has 138 valence electrons. The Balaban J connectivity index is 1.58. The number of ether oxygens (including phenoxy) is 3. The van der Waals surface area contributed by atoms with E-state index in [0.29, 0.717) is 45.1 Å². The summed E-state index contributed by atoms with van der Waals surface area (Å²) in [6.45, 7) is 5.33. The minimum atomic E-state index is -0.402. The smallest absolute Gasteiger partial charge is 0.254 e. The first-order valence-corrected chi connectivity index (χ1v) is 9.16. The van der Waals surface area contributed by atoms with Crippen molar-refractivity contribution < 1.29 is 19.0 Å². The average molecular weight is 356 g/mol. The Hall–Kier alpha value is -2.02. The molecule has 2 aliphatic rings. The fraction of sp³-hybridized carbons (Fsp3) is 0.500. The van der Waals surface area contributed by atoms with Crippen LogP contribution in [0.4, 0.5) is 0 Å². The second kappa shape index (κ2) is 7.31. The lowest BCUT2D eigenvalue weighted by molar-refractivity contribution is -0.0559. The highest BCUT2D eigenvalue weighted by Crippen LogP contribution is 2.34. The molecule has 0 radical (unpaired) electrons. The first-order chi connectivity index (χ1) is 12.7. The molecular weight excluding hydrogens is 332 g/mol. The fourth-order valence-electron chi connectivity index (χ4n) is 3.87. The second-order valence-electron chi connectivity index (χ2n) is 6.94. The number of aromatic nitrogens is 1. The van der Waals surface area contributed by atoms with Gasteiger partial charge in [0, 0.05) is 36.7 Å². The molecule has 2 aromatic rings. The zero-order chi connectivity index (χ0) is 18.0. The summed E-state index contributed by atoms with van der Waals surface area (Å²) in [6, 6.07) is 9.54. The third-order valence-electron chi connectivity index (χ3n) is 5.20. The predicted molar refractivity (Wildman–Crippen MR) is 97.2 cm³/mol. The van der Waals surface area contributed by atoms with Gasteiger partial charge in [-0.2, -0.15) is 0 Å². The molecule has 1 spiro atoms. The van der Waals surface area contributed by atoms with E-state index in [2.05, 4.69) is 4.98 Å². The van der Waals surface area contributed by atoms with Crippen LogP contribution in [0.25, 0.3) is 10.9 Å². The van der Waals surface area contributed by atoms with E-state index in [1.54, 1.807) is 6.20 Å². The summed E-state index contributed by atoms with van der Waals surface area (Å²) in [5.41, 5.74) is 1.17. The standard InChI is InChI=1S/C20H24N2O4/c1-2-24-12-17-11-20(14-26-17)13-25-9-8-22(20)19(23)16-5-6-18-15(10-16)4-3-7-21-18/h3-7,10,17H,2,8-9,11-14H2,1H3/t17-,20-/m1/s1. The molecule has 0 bridgehead atoms. The van der Waals surface area contributed by atoms with Gasteiger partial charge < -0.3 is 19.1 Å². The lowest BCUT2D eigenvalue weighted by Crippen LogP contribution is -2.59. The lowest BCUT2D eigenvalue weighted by atomic mass is 9.92. The van der Waals surface area contributed by atoms with Crippen molar-refractivity contribution in [1.82, 2.24) is 9.88 Å². The maximum atomic E-state index is 13.3. The van der Waals surface area contributed by atoms with E-state index in [4.69, 9.17) is 14.2 Å². The third kappa shape index (κ3) is 3.20. The molecule has 0 saturated carbocycles. The number of carbonyl (C=O) groups excluding carboxylic acids is 1. The van der Waals surface area contributed by atoms with Crippen molar-refractivity contribution in [2.75, 3.05) is 39.6 Å². The number of fused-ring (bicyclic) bond motifs is 1. The summed E-state index contributed by atoms with van der Waals surface area (Å²) in [5, 5.41) is 0.970. The normalized spacial score (nSPS) is 25.9. The monoisotopic (exact) mass is 356 g/mol. The van der Waals surface area contributed by atoms with Crippen molar-refractivity contribution in [2.24, 2.45) is 0 Å². The Morgan fingerprint density at radius 1 is 1.38 bits per heavy atom. The Morgan fingerprint density at radius 2 is 2.31 bits per heavy atom. The number of benzene rings is 1. The lowest BCUT2D eigenvalue weighted by Gasteiger charge is -2.43. The predicted octanol–water partition coefficient (Wildman–Crippen LogP) is 2.27. The van der Waals surface area contributed by atoms with Gasteiger partial charge in [-0.15, -0.1) is 0 Å². The van der Waals surface area contributed by atoms with Crippen LogP contribution in [0.5, 0.6) is 0 Å². The highest BCUT2D eigenvalue weighted by Gasteiger charge is 2.49. The zero-order valence-electron chi connectivity index (χ0n) is 15.0. The van der Waals surface area contributed by atoms with Crippen molar-refractivity contribution >= 4 is 16.8 Å². The Bertz CT molecular complexity index is 796. The highest BCUT2D eigenvalue weighted by molar-refractivity contribution is 5.98. The van der Waals surface area contributed by atoms with Crippen molar-refractivity contribution in [1.29, 1.82) is 0 Å². The van der Waals surface area contributed by atoms with Crippen LogP contribution >= 0.6 is 0 Å². The van der Waals surface area contributed by atoms with E-state index >= 15 is 0 Å². The maximum Gasteiger partial charge on any atom is 0.254 e. The number of pyridine rings is 1. The summed E-state index contributed by atoms with van der Waals surface area (Å²) in [7, 11) is 0. The molecule has 1 amide bonds. The molecule has 2 atom stereocenters. The highest BCUT2D eigenvalue weighted by atomic mass is 16.5. The van der Waals surface area contributed by atoms with Crippen molar-refractivity contribution in [2.45, 2.75) is 25.0 Å². The van der Waals surface area contributed by atoms with Gasteiger partial charge in [0.25, 0.3) is 5.91 Å². The van der Waals surface area contributed by atoms with Crippen molar-refractivity contribution in [3.05, 3.63) is 42.1 Å². The Labute approximate surface area is 153 Å². The summed E-state index contributed by atoms with van der Waals surface area (Å²) in [6.07, 6.45) is 2.51. The molecule has 3 heterocycles. The van der Waals surface area contributed by atoms with E-state index < -0.39 is 5.54 Å². The third-order valence-corrected chi connectivity index (χ3v) is 5.20. The molecule has 1 aromatic heterocycles. The number of nitrogens with zero attached hydrogens (tertiary/aromatic N) is 2. The van der Waals surface area contributed by atoms with Gasteiger partial charge in [0.2, 0.25) is 0 Å². The maximum absolute atomic E-state index is 13.3. The van der Waals surface area contributed by atoms with Crippen LogP contribution in [0.3, 0.4) is 0 Å². The first-order valence-electron chi connectivity index (χ1n) is 9.16. The van der Waals surface area contributed by atoms with Crippen LogP contribution in [0.2, 0.25) is 0 Å². The van der Waals surface area contributed by atoms with Crippen LogP contribution in [-0.2, 0) is 14.2 Å². The molecule has 0 N–H and O–H groups in total. The largest absolute Gasteiger partial charge is 0.379 e. The Morgan fingerprint density at radius 3 is 3.19 bits per heavy atom. The molecule has 0 aliphatic carbocycles. The van der Waals surface area contributed by atoms with Gasteiger partial charge in [-0.3, -0.25) is 9.78 Å². The van der Waals surface area contributed by atoms with Crippen LogP contribution in [0, 0.1) is 0 Å². The van der Waals surface area contributed by atoms with Gasteiger partial charge in [0.05, 0.1) is 43.6 Å². The topological polar surface area (TPSA) is 60.9 Å². The van der Waals surface area contributed by atoms with Crippen LogP contribution in [0.15, 0.2) is 36.5 Å². The second-order valence-corrected chi connectivity index (χ2v) is 6.94. The number of morpholine rings is 1. The Kier molecular flexibility index (Phi) is 4.89. The number of rotatable bonds is 4. The van der Waals surface area contributed by atoms with Gasteiger partial charge in [-0.25, -0.2) is 0 Å². The number of amides is 1. The van der Waals surface area contributed by atoms with E-state index in [-0.39, 0.29) is 12.0 Å². The van der Waals surface area contributed by atoms with E-state index in [1.807, 2.05) is 42.2 Å². The van der Waals surface area contributed by atoms with Gasteiger partial charge >= 0.3 is 0 Å². The van der Waals surface area contributed by atoms with E-state index in [1.165, 1.54) is 0 Å². The molecule has 2 aliphatic heterocycles.